The van der Waals surface area contributed by atoms with E-state index in [1.54, 1.807) is 0 Å². The lowest BCUT2D eigenvalue weighted by molar-refractivity contribution is 0.564. The summed E-state index contributed by atoms with van der Waals surface area (Å²) < 4.78 is 0. The van der Waals surface area contributed by atoms with Crippen LogP contribution in [0.5, 0.6) is 0 Å². The molecule has 0 aromatic heterocycles. The Morgan fingerprint density at radius 2 is 2.60 bits per heavy atom. The third-order valence-corrected chi connectivity index (χ3v) is 0.302. The Morgan fingerprint density at radius 3 is 2.60 bits per heavy atom. The Balaban J connectivity index is 2.93. The van der Waals surface area contributed by atoms with Gasteiger partial charge in [-0.15, -0.1) is 0 Å². The summed E-state index contributed by atoms with van der Waals surface area (Å²) in [5, 5.41) is 0. The van der Waals surface area contributed by atoms with Gasteiger partial charge in [-0.05, 0) is 0 Å². The van der Waals surface area contributed by atoms with Gasteiger partial charge in [0.05, 0.1) is 10.2 Å². The number of aliphatic imine (C=N–C) groups is 1. The number of hydrogen-bond acceptors (Lipinski definition) is 2. The van der Waals surface area contributed by atoms with Crippen LogP contribution >= 0.6 is 0 Å². The minimum absolute atomic E-state index is 0.351. The van der Waals surface area contributed by atoms with Crippen LogP contribution in [-0.2, 0) is 4.79 Å². The zero-order chi connectivity index (χ0) is 4.12. The first-order valence-electron chi connectivity index (χ1n) is 1.10. The Morgan fingerprint density at radius 1 is 2.00 bits per heavy atom. The summed E-state index contributed by atoms with van der Waals surface area (Å²) in [6.45, 7) is 0. The molecule has 0 aromatic carbocycles. The molecule has 5 heavy (non-hydrogen) atoms. The summed E-state index contributed by atoms with van der Waals surface area (Å²) in [5.41, 5.74) is 0. The molecule has 25 valence electrons. The van der Waals surface area contributed by atoms with E-state index in [4.69, 9.17) is 4.79 Å². The van der Waals surface area contributed by atoms with Crippen molar-refractivity contribution in [2.75, 3.05) is 6.17 Å². The van der Waals surface area contributed by atoms with Crippen molar-refractivity contribution in [2.24, 2.45) is 4.99 Å². The maximum Gasteiger partial charge on any atom is 0.234 e. The smallest absolute Gasteiger partial charge is 0.211 e. The lowest BCUT2D eigenvalue weighted by Gasteiger charge is -1.57. The van der Waals surface area contributed by atoms with Gasteiger partial charge in [0.15, 0.2) is 0 Å². The van der Waals surface area contributed by atoms with Crippen LogP contribution in [0.1, 0.15) is 0 Å². The third kappa shape index (κ3) is 3.60. The van der Waals surface area contributed by atoms with E-state index in [9.17, 15) is 0 Å². The fourth-order valence-corrected chi connectivity index (χ4v) is 0.0968. The Bertz CT molecular complexity index is 56.7. The summed E-state index contributed by atoms with van der Waals surface area (Å²) in [6.07, 6.45) is 1.69. The van der Waals surface area contributed by atoms with E-state index >= 15 is 0 Å². The number of rotatable bonds is 1. The average molecular weight is 84.1 g/mol. The number of hydrogen-bond donors (Lipinski definition) is 0. The predicted octanol–water partition coefficient (Wildman–Crippen LogP) is -0.552. The normalized spacial score (nSPS) is 5.80. The number of carbonyl (C=O) groups excluding carboxylic acids is 1. The van der Waals surface area contributed by atoms with Crippen LogP contribution in [0.3, 0.4) is 0 Å². The SMILES string of the molecule is O=C=NC[Si]. The van der Waals surface area contributed by atoms with Gasteiger partial charge >= 0.3 is 0 Å². The molecule has 0 spiro atoms. The molecular weight excluding hydrogens is 82.1 g/mol. The average Bonchev–Trinajstić information content (AvgIpc) is 1.41. The van der Waals surface area contributed by atoms with Crippen molar-refractivity contribution in [3.05, 3.63) is 0 Å². The van der Waals surface area contributed by atoms with Gasteiger partial charge in [-0.25, -0.2) is 9.79 Å². The molecule has 0 heterocycles. The quantitative estimate of drug-likeness (QED) is 0.238. The van der Waals surface area contributed by atoms with E-state index in [-0.39, 0.29) is 0 Å². The first kappa shape index (κ1) is 4.60. The molecule has 0 N–H and O–H groups in total. The number of nitrogens with zero attached hydrogens (tertiary/aromatic N) is 1. The lowest BCUT2D eigenvalue weighted by atomic mass is 11.4. The molecule has 0 unspecified atom stereocenters. The fourth-order valence-electron chi connectivity index (χ4n) is 0.0323. The summed E-state index contributed by atoms with van der Waals surface area (Å²) in [6, 6.07) is 0. The van der Waals surface area contributed by atoms with Gasteiger partial charge in [0.25, 0.3) is 0 Å². The van der Waals surface area contributed by atoms with E-state index in [1.807, 2.05) is 0 Å². The van der Waals surface area contributed by atoms with E-state index in [0.29, 0.717) is 6.17 Å². The van der Waals surface area contributed by atoms with Crippen molar-refractivity contribution in [1.29, 1.82) is 0 Å². The monoisotopic (exact) mass is 84.0 g/mol. The van der Waals surface area contributed by atoms with Gasteiger partial charge in [-0.3, -0.25) is 0 Å². The van der Waals surface area contributed by atoms with E-state index in [0.717, 1.165) is 0 Å². The van der Waals surface area contributed by atoms with Gasteiger partial charge in [-0.1, -0.05) is 0 Å². The van der Waals surface area contributed by atoms with Gasteiger partial charge in [0.1, 0.15) is 0 Å². The van der Waals surface area contributed by atoms with Crippen molar-refractivity contribution in [3.63, 3.8) is 0 Å². The highest BCUT2D eigenvalue weighted by molar-refractivity contribution is 6.09. The molecule has 3 heteroatoms. The lowest BCUT2D eigenvalue weighted by Crippen LogP contribution is -1.68. The highest BCUT2D eigenvalue weighted by Gasteiger charge is 1.53. The van der Waals surface area contributed by atoms with Crippen LogP contribution in [0.25, 0.3) is 0 Å². The molecule has 0 saturated carbocycles. The Labute approximate surface area is 33.3 Å². The molecule has 0 rings (SSSR count). The molecule has 0 aliphatic rings. The molecule has 0 aliphatic heterocycles. The van der Waals surface area contributed by atoms with Crippen molar-refractivity contribution in [2.45, 2.75) is 0 Å². The van der Waals surface area contributed by atoms with Crippen LogP contribution in [-0.4, -0.2) is 22.5 Å². The maximum atomic E-state index is 9.08. The minimum atomic E-state index is 0.351. The Hall–Kier alpha value is -0.403. The molecule has 3 radical (unpaired) electrons. The molecule has 0 amide bonds. The summed E-state index contributed by atoms with van der Waals surface area (Å²) >= 11 is 0. The summed E-state index contributed by atoms with van der Waals surface area (Å²) in [5.74, 6) is 0. The maximum absolute atomic E-state index is 9.08. The molecule has 0 atom stereocenters. The van der Waals surface area contributed by atoms with E-state index in [2.05, 4.69) is 15.2 Å². The molecule has 0 aromatic rings. The largest absolute Gasteiger partial charge is 0.234 e. The van der Waals surface area contributed by atoms with Gasteiger partial charge < -0.3 is 0 Å². The van der Waals surface area contributed by atoms with Crippen LogP contribution in [0.15, 0.2) is 4.99 Å². The zero-order valence-electron chi connectivity index (χ0n) is 2.56. The van der Waals surface area contributed by atoms with Crippen molar-refractivity contribution in [1.82, 2.24) is 0 Å². The molecular formula is C2H2NOSi. The van der Waals surface area contributed by atoms with Crippen molar-refractivity contribution >= 4 is 16.3 Å². The molecule has 2 nitrogen and oxygen atoms in total. The topological polar surface area (TPSA) is 29.4 Å². The number of isocyanates is 1. The van der Waals surface area contributed by atoms with Gasteiger partial charge in [0.2, 0.25) is 6.08 Å². The van der Waals surface area contributed by atoms with Crippen LogP contribution in [0.4, 0.5) is 0 Å². The van der Waals surface area contributed by atoms with E-state index < -0.39 is 0 Å². The highest BCUT2D eigenvalue weighted by atomic mass is 28.1. The van der Waals surface area contributed by atoms with Crippen LogP contribution in [0.2, 0.25) is 0 Å². The van der Waals surface area contributed by atoms with Crippen molar-refractivity contribution in [3.8, 4) is 0 Å². The summed E-state index contributed by atoms with van der Waals surface area (Å²) in [7, 11) is 2.92. The van der Waals surface area contributed by atoms with Gasteiger partial charge in [-0.2, -0.15) is 0 Å². The predicted molar refractivity (Wildman–Crippen MR) is 18.7 cm³/mol. The second-order valence-electron chi connectivity index (χ2n) is 0.408. The standard InChI is InChI=1S/C2H2NOSi/c4-1-3-2-5/h2H2. The first-order chi connectivity index (χ1) is 2.41. The van der Waals surface area contributed by atoms with Crippen LogP contribution < -0.4 is 0 Å². The first-order valence-corrected chi connectivity index (χ1v) is 1.80. The minimum Gasteiger partial charge on any atom is -0.211 e. The fraction of sp³-hybridized carbons (Fsp3) is 0.500. The zero-order valence-corrected chi connectivity index (χ0v) is 3.56. The molecule has 0 bridgehead atoms. The summed E-state index contributed by atoms with van der Waals surface area (Å²) in [4.78, 5) is 12.2. The second-order valence-corrected chi connectivity index (χ2v) is 0.724. The third-order valence-electron chi connectivity index (χ3n) is 0.144. The second kappa shape index (κ2) is 3.60. The van der Waals surface area contributed by atoms with Crippen molar-refractivity contribution < 1.29 is 4.79 Å². The van der Waals surface area contributed by atoms with Crippen LogP contribution in [0, 0.1) is 0 Å². The highest BCUT2D eigenvalue weighted by Crippen LogP contribution is 1.45. The molecule has 0 saturated heterocycles. The molecule has 0 fully saturated rings. The van der Waals surface area contributed by atoms with Gasteiger partial charge in [0, 0.05) is 6.17 Å². The Kier molecular flexibility index (Phi) is 3.31. The molecule has 0 aliphatic carbocycles. The van der Waals surface area contributed by atoms with E-state index in [1.165, 1.54) is 6.08 Å².